The Hall–Kier alpha value is -3.00. The van der Waals surface area contributed by atoms with Crippen molar-refractivity contribution in [2.45, 2.75) is 20.3 Å². The maximum absolute atomic E-state index is 3.79. The van der Waals surface area contributed by atoms with Crippen LogP contribution in [0.2, 0.25) is 0 Å². The van der Waals surface area contributed by atoms with Crippen molar-refractivity contribution in [2.75, 3.05) is 23.7 Å². The zero-order valence-electron chi connectivity index (χ0n) is 18.5. The lowest BCUT2D eigenvalue weighted by Gasteiger charge is -2.24. The fraction of sp³-hybridized carbons (Fsp3) is 0.310. The van der Waals surface area contributed by atoms with Crippen LogP contribution in [0.25, 0.3) is 21.5 Å². The normalized spacial score (nSPS) is 23.3. The first-order valence-electron chi connectivity index (χ1n) is 11.6. The fourth-order valence-corrected chi connectivity index (χ4v) is 5.62. The summed E-state index contributed by atoms with van der Waals surface area (Å²) in [7, 11) is 0. The average Bonchev–Trinajstić information content (AvgIpc) is 3.08. The molecular formula is C29H32N2. The van der Waals surface area contributed by atoms with Crippen molar-refractivity contribution in [3.63, 3.8) is 0 Å². The Labute approximate surface area is 185 Å². The third kappa shape index (κ3) is 3.99. The van der Waals surface area contributed by atoms with E-state index >= 15 is 0 Å². The maximum Gasteiger partial charge on any atom is 0.0419 e. The Morgan fingerprint density at radius 3 is 1.77 bits per heavy atom. The highest BCUT2D eigenvalue weighted by atomic mass is 14.9. The Morgan fingerprint density at radius 1 is 0.645 bits per heavy atom. The molecule has 1 fully saturated rings. The van der Waals surface area contributed by atoms with E-state index in [0.29, 0.717) is 17.8 Å². The average molecular weight is 409 g/mol. The van der Waals surface area contributed by atoms with E-state index in [0.717, 1.165) is 19.0 Å². The molecule has 0 bridgehead atoms. The highest BCUT2D eigenvalue weighted by Crippen LogP contribution is 2.42. The molecule has 0 radical (unpaired) electrons. The van der Waals surface area contributed by atoms with Crippen LogP contribution in [0.5, 0.6) is 0 Å². The van der Waals surface area contributed by atoms with Gasteiger partial charge in [-0.1, -0.05) is 86.6 Å². The van der Waals surface area contributed by atoms with E-state index < -0.39 is 0 Å². The van der Waals surface area contributed by atoms with Gasteiger partial charge in [-0.05, 0) is 53.0 Å². The van der Waals surface area contributed by atoms with Gasteiger partial charge < -0.3 is 10.6 Å². The van der Waals surface area contributed by atoms with Crippen LogP contribution < -0.4 is 10.6 Å². The Balaban J connectivity index is 1.25. The van der Waals surface area contributed by atoms with Crippen LogP contribution in [0.4, 0.5) is 11.4 Å². The van der Waals surface area contributed by atoms with Crippen LogP contribution in [0.3, 0.4) is 0 Å². The number of hydrogen-bond donors (Lipinski definition) is 2. The van der Waals surface area contributed by atoms with Crippen LogP contribution in [-0.2, 0) is 0 Å². The minimum absolute atomic E-state index is 0.693. The predicted octanol–water partition coefficient (Wildman–Crippen LogP) is 7.43. The molecule has 0 spiro atoms. The molecule has 158 valence electrons. The van der Waals surface area contributed by atoms with Crippen LogP contribution in [-0.4, -0.2) is 13.1 Å². The van der Waals surface area contributed by atoms with E-state index in [1.807, 2.05) is 0 Å². The molecule has 0 amide bonds. The van der Waals surface area contributed by atoms with E-state index in [1.165, 1.54) is 39.3 Å². The lowest BCUT2D eigenvalue weighted by atomic mass is 9.88. The molecule has 2 nitrogen and oxygen atoms in total. The Bertz CT molecular complexity index is 1170. The van der Waals surface area contributed by atoms with Crippen molar-refractivity contribution >= 4 is 32.9 Å². The van der Waals surface area contributed by atoms with Crippen molar-refractivity contribution in [2.24, 2.45) is 23.7 Å². The number of benzene rings is 4. The van der Waals surface area contributed by atoms with Gasteiger partial charge in [0.1, 0.15) is 0 Å². The number of rotatable bonds is 6. The van der Waals surface area contributed by atoms with Crippen molar-refractivity contribution in [1.29, 1.82) is 0 Å². The van der Waals surface area contributed by atoms with E-state index in [4.69, 9.17) is 0 Å². The number of hydrogen-bond acceptors (Lipinski definition) is 2. The molecule has 0 heterocycles. The predicted molar refractivity (Wildman–Crippen MR) is 135 cm³/mol. The van der Waals surface area contributed by atoms with E-state index in [1.54, 1.807) is 0 Å². The second-order valence-electron chi connectivity index (χ2n) is 9.31. The molecule has 4 aromatic carbocycles. The number of anilines is 2. The topological polar surface area (TPSA) is 24.1 Å². The maximum atomic E-state index is 3.79. The summed E-state index contributed by atoms with van der Waals surface area (Å²) < 4.78 is 0. The highest BCUT2D eigenvalue weighted by molar-refractivity contribution is 5.94. The molecular weight excluding hydrogens is 376 g/mol. The summed E-state index contributed by atoms with van der Waals surface area (Å²) in [6.07, 6.45) is 1.29. The highest BCUT2D eigenvalue weighted by Gasteiger charge is 2.37. The summed E-state index contributed by atoms with van der Waals surface area (Å²) >= 11 is 0. The lowest BCUT2D eigenvalue weighted by Crippen LogP contribution is -2.25. The molecule has 4 aromatic rings. The van der Waals surface area contributed by atoms with Gasteiger partial charge in [0, 0.05) is 35.2 Å². The van der Waals surface area contributed by atoms with Gasteiger partial charge in [0.15, 0.2) is 0 Å². The first-order chi connectivity index (χ1) is 15.2. The molecule has 31 heavy (non-hydrogen) atoms. The molecule has 1 aliphatic carbocycles. The largest absolute Gasteiger partial charge is 0.384 e. The Morgan fingerprint density at radius 2 is 1.16 bits per heavy atom. The third-order valence-electron chi connectivity index (χ3n) is 7.49. The summed E-state index contributed by atoms with van der Waals surface area (Å²) in [4.78, 5) is 0. The van der Waals surface area contributed by atoms with Gasteiger partial charge in [0.25, 0.3) is 0 Å². The molecule has 4 atom stereocenters. The fourth-order valence-electron chi connectivity index (χ4n) is 5.62. The van der Waals surface area contributed by atoms with Crippen molar-refractivity contribution in [3.05, 3.63) is 84.9 Å². The minimum atomic E-state index is 0.693. The molecule has 1 aliphatic rings. The van der Waals surface area contributed by atoms with E-state index in [9.17, 15) is 0 Å². The van der Waals surface area contributed by atoms with Gasteiger partial charge in [-0.15, -0.1) is 0 Å². The van der Waals surface area contributed by atoms with Gasteiger partial charge >= 0.3 is 0 Å². The van der Waals surface area contributed by atoms with Gasteiger partial charge in [-0.2, -0.15) is 0 Å². The third-order valence-corrected chi connectivity index (χ3v) is 7.49. The summed E-state index contributed by atoms with van der Waals surface area (Å²) in [5.41, 5.74) is 2.52. The van der Waals surface area contributed by atoms with Gasteiger partial charge in [-0.25, -0.2) is 0 Å². The second kappa shape index (κ2) is 8.63. The molecule has 2 N–H and O–H groups in total. The van der Waals surface area contributed by atoms with E-state index in [-0.39, 0.29) is 0 Å². The number of nitrogens with one attached hydrogen (secondary N) is 2. The first-order valence-corrected chi connectivity index (χ1v) is 11.6. The van der Waals surface area contributed by atoms with E-state index in [2.05, 4.69) is 109 Å². The molecule has 0 aliphatic heterocycles. The summed E-state index contributed by atoms with van der Waals surface area (Å²) in [6, 6.07) is 30.4. The van der Waals surface area contributed by atoms with Gasteiger partial charge in [0.05, 0.1) is 0 Å². The zero-order valence-corrected chi connectivity index (χ0v) is 18.5. The minimum Gasteiger partial charge on any atom is -0.384 e. The molecule has 0 saturated heterocycles. The Kier molecular flexibility index (Phi) is 5.55. The van der Waals surface area contributed by atoms with Crippen LogP contribution in [0.15, 0.2) is 84.9 Å². The zero-order chi connectivity index (χ0) is 21.2. The second-order valence-corrected chi connectivity index (χ2v) is 9.31. The standard InChI is InChI=1S/C29H32N2/c1-20-17-24(18-30-28-15-7-11-22-9-3-5-13-25(22)28)21(2)27(20)19-31-29-16-8-12-23-10-4-6-14-26(23)29/h3-16,20-21,24,27,30-31H,17-19H2,1-2H3. The van der Waals surface area contributed by atoms with Crippen molar-refractivity contribution in [3.8, 4) is 0 Å². The van der Waals surface area contributed by atoms with Crippen LogP contribution in [0, 0.1) is 23.7 Å². The summed E-state index contributed by atoms with van der Waals surface area (Å²) in [5, 5.41) is 12.8. The quantitative estimate of drug-likeness (QED) is 0.347. The monoisotopic (exact) mass is 408 g/mol. The molecule has 1 saturated carbocycles. The SMILES string of the molecule is CC1CC(CNc2cccc3ccccc23)C(C)C1CNc1cccc2ccccc12. The van der Waals surface area contributed by atoms with Crippen molar-refractivity contribution in [1.82, 2.24) is 0 Å². The van der Waals surface area contributed by atoms with Crippen LogP contribution >= 0.6 is 0 Å². The number of fused-ring (bicyclic) bond motifs is 2. The summed E-state index contributed by atoms with van der Waals surface area (Å²) in [6.45, 7) is 6.98. The molecule has 0 aromatic heterocycles. The van der Waals surface area contributed by atoms with Crippen LogP contribution in [0.1, 0.15) is 20.3 Å². The van der Waals surface area contributed by atoms with Gasteiger partial charge in [0.2, 0.25) is 0 Å². The molecule has 2 heteroatoms. The first kappa shape index (κ1) is 19.9. The van der Waals surface area contributed by atoms with Crippen molar-refractivity contribution < 1.29 is 0 Å². The lowest BCUT2D eigenvalue weighted by molar-refractivity contribution is 0.335. The smallest absolute Gasteiger partial charge is 0.0419 e. The van der Waals surface area contributed by atoms with Gasteiger partial charge in [-0.3, -0.25) is 0 Å². The molecule has 4 unspecified atom stereocenters. The summed E-state index contributed by atoms with van der Waals surface area (Å²) in [5.74, 6) is 2.82. The molecule has 5 rings (SSSR count).